The fourth-order valence-electron chi connectivity index (χ4n) is 0.996. The largest absolute Gasteiger partial charge is 0.573 e. The predicted octanol–water partition coefficient (Wildman–Crippen LogP) is 3.30. The molecule has 0 saturated carbocycles. The normalized spacial score (nSPS) is 11.5. The molecule has 0 radical (unpaired) electrons. The van der Waals surface area contributed by atoms with E-state index in [0.717, 1.165) is 0 Å². The molecule has 0 aliphatic carbocycles. The molecule has 84 valence electrons. The zero-order valence-corrected chi connectivity index (χ0v) is 8.31. The monoisotopic (exact) mass is 240 g/mol. The van der Waals surface area contributed by atoms with E-state index in [9.17, 15) is 13.2 Å². The second kappa shape index (κ2) is 5.23. The molecular formula is C9H8ClF3O2. The average molecular weight is 241 g/mol. The summed E-state index contributed by atoms with van der Waals surface area (Å²) in [7, 11) is 0. The van der Waals surface area contributed by atoms with Gasteiger partial charge in [-0.15, -0.1) is 13.2 Å². The van der Waals surface area contributed by atoms with E-state index >= 15 is 0 Å². The van der Waals surface area contributed by atoms with Gasteiger partial charge in [0.15, 0.2) is 0 Å². The molecule has 6 heteroatoms. The highest BCUT2D eigenvalue weighted by molar-refractivity contribution is 6.17. The van der Waals surface area contributed by atoms with Gasteiger partial charge < -0.3 is 9.47 Å². The molecule has 0 N–H and O–H groups in total. The van der Waals surface area contributed by atoms with Gasteiger partial charge in [0.05, 0.1) is 6.61 Å². The van der Waals surface area contributed by atoms with Crippen molar-refractivity contribution in [2.24, 2.45) is 0 Å². The van der Waals surface area contributed by atoms with Gasteiger partial charge in [0, 0.05) is 5.56 Å². The number of benzene rings is 1. The zero-order chi connectivity index (χ0) is 11.3. The van der Waals surface area contributed by atoms with Crippen molar-refractivity contribution in [1.29, 1.82) is 0 Å². The van der Waals surface area contributed by atoms with E-state index in [1.807, 2.05) is 0 Å². The molecule has 15 heavy (non-hydrogen) atoms. The molecule has 0 fully saturated rings. The van der Waals surface area contributed by atoms with Gasteiger partial charge in [0.2, 0.25) is 0 Å². The number of hydrogen-bond acceptors (Lipinski definition) is 2. The van der Waals surface area contributed by atoms with Crippen LogP contribution in [-0.4, -0.2) is 12.4 Å². The highest BCUT2D eigenvalue weighted by Gasteiger charge is 2.31. The molecule has 0 heterocycles. The minimum atomic E-state index is -4.70. The van der Waals surface area contributed by atoms with Gasteiger partial charge >= 0.3 is 6.36 Å². The van der Waals surface area contributed by atoms with Crippen LogP contribution in [0.3, 0.4) is 0 Å². The smallest absolute Gasteiger partial charge is 0.405 e. The molecule has 0 saturated heterocycles. The Balaban J connectivity index is 2.77. The molecule has 2 nitrogen and oxygen atoms in total. The first kappa shape index (κ1) is 12.1. The standard InChI is InChI=1S/C9H8ClF3O2/c10-6-14-5-7-3-1-2-4-8(7)15-9(11,12)13/h1-4H,5-6H2. The first-order valence-electron chi connectivity index (χ1n) is 4.00. The quantitative estimate of drug-likeness (QED) is 0.752. The molecule has 0 spiro atoms. The molecule has 0 aromatic heterocycles. The Labute approximate surface area is 89.6 Å². The summed E-state index contributed by atoms with van der Waals surface area (Å²) in [6, 6.07) is 5.66. The molecule has 0 aliphatic heterocycles. The van der Waals surface area contributed by atoms with Gasteiger partial charge in [0.25, 0.3) is 0 Å². The molecule has 1 aromatic carbocycles. The maximum absolute atomic E-state index is 12.0. The molecule has 1 rings (SSSR count). The van der Waals surface area contributed by atoms with Crippen LogP contribution in [0.1, 0.15) is 5.56 Å². The maximum Gasteiger partial charge on any atom is 0.573 e. The summed E-state index contributed by atoms with van der Waals surface area (Å²) in [5.41, 5.74) is 0.301. The van der Waals surface area contributed by atoms with E-state index < -0.39 is 6.36 Å². The van der Waals surface area contributed by atoms with E-state index in [-0.39, 0.29) is 18.4 Å². The van der Waals surface area contributed by atoms with E-state index in [4.69, 9.17) is 16.3 Å². The second-order valence-corrected chi connectivity index (χ2v) is 2.83. The lowest BCUT2D eigenvalue weighted by Crippen LogP contribution is -2.18. The van der Waals surface area contributed by atoms with Crippen molar-refractivity contribution < 1.29 is 22.6 Å². The fourth-order valence-corrected chi connectivity index (χ4v) is 1.07. The molecule has 0 atom stereocenters. The third-order valence-corrected chi connectivity index (χ3v) is 1.69. The van der Waals surface area contributed by atoms with Crippen molar-refractivity contribution in [2.75, 3.05) is 6.07 Å². The minimum absolute atomic E-state index is 0.0181. The number of para-hydroxylation sites is 1. The summed E-state index contributed by atoms with van der Waals surface area (Å²) >= 11 is 5.25. The molecule has 0 aliphatic rings. The average Bonchev–Trinajstić information content (AvgIpc) is 2.14. The van der Waals surface area contributed by atoms with Crippen molar-refractivity contribution in [1.82, 2.24) is 0 Å². The van der Waals surface area contributed by atoms with Crippen molar-refractivity contribution in [2.45, 2.75) is 13.0 Å². The number of rotatable bonds is 4. The second-order valence-electron chi connectivity index (χ2n) is 2.61. The first-order valence-corrected chi connectivity index (χ1v) is 4.54. The Morgan fingerprint density at radius 2 is 1.87 bits per heavy atom. The van der Waals surface area contributed by atoms with Gasteiger partial charge in [-0.05, 0) is 6.07 Å². The molecule has 0 unspecified atom stereocenters. The lowest BCUT2D eigenvalue weighted by molar-refractivity contribution is -0.275. The molecule has 1 aromatic rings. The Morgan fingerprint density at radius 3 is 2.47 bits per heavy atom. The molecular weight excluding hydrogens is 233 g/mol. The summed E-state index contributed by atoms with van der Waals surface area (Å²) in [6.07, 6.45) is -4.70. The Morgan fingerprint density at radius 1 is 1.20 bits per heavy atom. The third kappa shape index (κ3) is 4.40. The number of alkyl halides is 4. The number of halogens is 4. The van der Waals surface area contributed by atoms with Crippen LogP contribution in [0.2, 0.25) is 0 Å². The van der Waals surface area contributed by atoms with E-state index in [0.29, 0.717) is 5.56 Å². The van der Waals surface area contributed by atoms with Gasteiger partial charge in [-0.2, -0.15) is 0 Å². The van der Waals surface area contributed by atoms with Crippen LogP contribution in [0.4, 0.5) is 13.2 Å². The Bertz CT molecular complexity index is 314. The highest BCUT2D eigenvalue weighted by atomic mass is 35.5. The topological polar surface area (TPSA) is 18.5 Å². The molecule has 0 amide bonds. The SMILES string of the molecule is FC(F)(F)Oc1ccccc1COCCl. The summed E-state index contributed by atoms with van der Waals surface area (Å²) in [6.45, 7) is -0.0181. The summed E-state index contributed by atoms with van der Waals surface area (Å²) in [5, 5.41) is 0. The van der Waals surface area contributed by atoms with Crippen LogP contribution in [-0.2, 0) is 11.3 Å². The van der Waals surface area contributed by atoms with Crippen molar-refractivity contribution in [3.05, 3.63) is 29.8 Å². The van der Waals surface area contributed by atoms with Crippen LogP contribution in [0.15, 0.2) is 24.3 Å². The van der Waals surface area contributed by atoms with Gasteiger partial charge in [0.1, 0.15) is 11.8 Å². The number of ether oxygens (including phenoxy) is 2. The van der Waals surface area contributed by atoms with E-state index in [2.05, 4.69) is 4.74 Å². The Kier molecular flexibility index (Phi) is 4.23. The third-order valence-electron chi connectivity index (χ3n) is 1.53. The van der Waals surface area contributed by atoms with Crippen molar-refractivity contribution in [3.63, 3.8) is 0 Å². The summed E-state index contributed by atoms with van der Waals surface area (Å²) < 4.78 is 44.5. The highest BCUT2D eigenvalue weighted by Crippen LogP contribution is 2.26. The van der Waals surface area contributed by atoms with Gasteiger partial charge in [-0.1, -0.05) is 29.8 Å². The molecule has 0 bridgehead atoms. The van der Waals surface area contributed by atoms with E-state index in [1.54, 1.807) is 6.07 Å². The first-order chi connectivity index (χ1) is 7.03. The van der Waals surface area contributed by atoms with Crippen LogP contribution >= 0.6 is 11.6 Å². The van der Waals surface area contributed by atoms with Crippen LogP contribution in [0, 0.1) is 0 Å². The van der Waals surface area contributed by atoms with E-state index in [1.165, 1.54) is 18.2 Å². The number of hydrogen-bond donors (Lipinski definition) is 0. The lowest BCUT2D eigenvalue weighted by Gasteiger charge is -2.12. The Hall–Kier alpha value is -0.940. The van der Waals surface area contributed by atoms with Crippen LogP contribution < -0.4 is 4.74 Å². The van der Waals surface area contributed by atoms with Crippen molar-refractivity contribution in [3.8, 4) is 5.75 Å². The predicted molar refractivity (Wildman–Crippen MR) is 48.6 cm³/mol. The van der Waals surface area contributed by atoms with Crippen molar-refractivity contribution >= 4 is 11.6 Å². The summed E-state index contributed by atoms with van der Waals surface area (Å²) in [5.74, 6) is -0.268. The fraction of sp³-hybridized carbons (Fsp3) is 0.333. The minimum Gasteiger partial charge on any atom is -0.405 e. The van der Waals surface area contributed by atoms with Gasteiger partial charge in [-0.25, -0.2) is 0 Å². The zero-order valence-electron chi connectivity index (χ0n) is 7.55. The van der Waals surface area contributed by atoms with Crippen LogP contribution in [0.25, 0.3) is 0 Å². The lowest BCUT2D eigenvalue weighted by atomic mass is 10.2. The van der Waals surface area contributed by atoms with Gasteiger partial charge in [-0.3, -0.25) is 0 Å². The summed E-state index contributed by atoms with van der Waals surface area (Å²) in [4.78, 5) is 0. The van der Waals surface area contributed by atoms with Crippen LogP contribution in [0.5, 0.6) is 5.75 Å². The maximum atomic E-state index is 12.0.